The predicted octanol–water partition coefficient (Wildman–Crippen LogP) is 3.54. The summed E-state index contributed by atoms with van der Waals surface area (Å²) in [5.74, 6) is 0.965. The highest BCUT2D eigenvalue weighted by atomic mass is 35.5. The van der Waals surface area contributed by atoms with E-state index in [-0.39, 0.29) is 5.91 Å². The summed E-state index contributed by atoms with van der Waals surface area (Å²) >= 11 is 12.2. The van der Waals surface area contributed by atoms with Crippen LogP contribution in [0.2, 0.25) is 10.0 Å². The van der Waals surface area contributed by atoms with Crippen molar-refractivity contribution < 1.29 is 4.79 Å². The molecule has 0 atom stereocenters. The molecule has 0 saturated carbocycles. The molecule has 1 aromatic heterocycles. The van der Waals surface area contributed by atoms with E-state index in [4.69, 9.17) is 23.2 Å². The highest BCUT2D eigenvalue weighted by Gasteiger charge is 2.16. The highest BCUT2D eigenvalue weighted by molar-refractivity contribution is 6.35. The van der Waals surface area contributed by atoms with Crippen molar-refractivity contribution in [2.24, 2.45) is 0 Å². The Labute approximate surface area is 159 Å². The van der Waals surface area contributed by atoms with E-state index in [1.54, 1.807) is 12.3 Å². The van der Waals surface area contributed by atoms with Crippen LogP contribution in [-0.4, -0.2) is 52.4 Å². The van der Waals surface area contributed by atoms with Crippen LogP contribution in [0.1, 0.15) is 24.7 Å². The molecule has 1 heterocycles. The normalized spacial score (nSPS) is 11.1. The van der Waals surface area contributed by atoms with Crippen molar-refractivity contribution in [3.05, 3.63) is 52.0 Å². The van der Waals surface area contributed by atoms with E-state index in [1.165, 1.54) is 0 Å². The number of hydrogen-bond acceptors (Lipinski definition) is 3. The van der Waals surface area contributed by atoms with E-state index in [0.717, 1.165) is 17.9 Å². The number of nitrogens with zero attached hydrogens (tertiary/aromatic N) is 4. The number of rotatable bonds is 8. The van der Waals surface area contributed by atoms with Crippen LogP contribution in [0.3, 0.4) is 0 Å². The van der Waals surface area contributed by atoms with Crippen LogP contribution in [0.25, 0.3) is 0 Å². The summed E-state index contributed by atoms with van der Waals surface area (Å²) in [6, 6.07) is 5.47. The van der Waals surface area contributed by atoms with Gasteiger partial charge in [0, 0.05) is 41.9 Å². The average molecular weight is 383 g/mol. The Morgan fingerprint density at radius 2 is 2.00 bits per heavy atom. The van der Waals surface area contributed by atoms with Gasteiger partial charge in [0.15, 0.2) is 0 Å². The third kappa shape index (κ3) is 5.73. The minimum atomic E-state index is 0.126. The fraction of sp³-hybridized carbons (Fsp3) is 0.444. The second kappa shape index (κ2) is 9.22. The first kappa shape index (κ1) is 19.8. The fourth-order valence-corrected chi connectivity index (χ4v) is 2.94. The second-order valence-corrected chi connectivity index (χ2v) is 7.02. The Balaban J connectivity index is 2.14. The molecule has 0 bridgehead atoms. The molecule has 0 saturated heterocycles. The van der Waals surface area contributed by atoms with Gasteiger partial charge in [0.25, 0.3) is 0 Å². The zero-order valence-electron chi connectivity index (χ0n) is 14.9. The predicted molar refractivity (Wildman–Crippen MR) is 102 cm³/mol. The van der Waals surface area contributed by atoms with Gasteiger partial charge in [0.1, 0.15) is 5.82 Å². The zero-order chi connectivity index (χ0) is 18.4. The van der Waals surface area contributed by atoms with E-state index in [1.807, 2.05) is 48.8 Å². The molecule has 0 fully saturated rings. The van der Waals surface area contributed by atoms with Crippen molar-refractivity contribution in [2.45, 2.75) is 26.4 Å². The Morgan fingerprint density at radius 1 is 1.24 bits per heavy atom. The molecule has 0 N–H and O–H groups in total. The standard InChI is InChI=1S/C18H24Cl2N4O/c1-4-18(25)24(10-9-22(2)3)13-17-21-7-8-23(17)12-14-5-6-15(19)11-16(14)20/h5-8,11H,4,9-10,12-13H2,1-3H3. The van der Waals surface area contributed by atoms with Crippen molar-refractivity contribution in [3.8, 4) is 0 Å². The van der Waals surface area contributed by atoms with E-state index >= 15 is 0 Å². The smallest absolute Gasteiger partial charge is 0.222 e. The van der Waals surface area contributed by atoms with Gasteiger partial charge in [-0.15, -0.1) is 0 Å². The minimum Gasteiger partial charge on any atom is -0.334 e. The molecule has 0 aliphatic carbocycles. The molecule has 0 aliphatic heterocycles. The second-order valence-electron chi connectivity index (χ2n) is 6.18. The maximum absolute atomic E-state index is 12.2. The molecule has 2 aromatic rings. The lowest BCUT2D eigenvalue weighted by molar-refractivity contribution is -0.131. The zero-order valence-corrected chi connectivity index (χ0v) is 16.4. The lowest BCUT2D eigenvalue weighted by Gasteiger charge is -2.24. The maximum Gasteiger partial charge on any atom is 0.222 e. The Bertz CT molecular complexity index is 715. The maximum atomic E-state index is 12.2. The molecule has 1 amide bonds. The number of likely N-dealkylation sites (N-methyl/N-ethyl adjacent to an activating group) is 1. The molecular weight excluding hydrogens is 359 g/mol. The molecule has 0 unspecified atom stereocenters. The van der Waals surface area contributed by atoms with Crippen LogP contribution in [0.5, 0.6) is 0 Å². The third-order valence-corrected chi connectivity index (χ3v) is 4.55. The van der Waals surface area contributed by atoms with Gasteiger partial charge in [-0.1, -0.05) is 36.2 Å². The highest BCUT2D eigenvalue weighted by Crippen LogP contribution is 2.22. The lowest BCUT2D eigenvalue weighted by atomic mass is 10.2. The molecule has 2 rings (SSSR count). The number of carbonyl (C=O) groups is 1. The molecular formula is C18H24Cl2N4O. The summed E-state index contributed by atoms with van der Waals surface area (Å²) in [5, 5.41) is 1.24. The molecule has 0 spiro atoms. The molecule has 5 nitrogen and oxygen atoms in total. The third-order valence-electron chi connectivity index (χ3n) is 3.96. The van der Waals surface area contributed by atoms with Crippen LogP contribution in [0, 0.1) is 0 Å². The number of halogens is 2. The van der Waals surface area contributed by atoms with Gasteiger partial charge >= 0.3 is 0 Å². The van der Waals surface area contributed by atoms with Gasteiger partial charge in [-0.25, -0.2) is 4.98 Å². The van der Waals surface area contributed by atoms with Crippen molar-refractivity contribution in [1.82, 2.24) is 19.4 Å². The largest absolute Gasteiger partial charge is 0.334 e. The SMILES string of the molecule is CCC(=O)N(CCN(C)C)Cc1nccn1Cc1ccc(Cl)cc1Cl. The van der Waals surface area contributed by atoms with Crippen LogP contribution in [0.4, 0.5) is 0 Å². The number of imidazole rings is 1. The van der Waals surface area contributed by atoms with Crippen molar-refractivity contribution >= 4 is 29.1 Å². The summed E-state index contributed by atoms with van der Waals surface area (Å²) in [6.45, 7) is 4.44. The van der Waals surface area contributed by atoms with E-state index < -0.39 is 0 Å². The lowest BCUT2D eigenvalue weighted by Crippen LogP contribution is -2.36. The van der Waals surface area contributed by atoms with E-state index in [9.17, 15) is 4.79 Å². The number of benzene rings is 1. The molecule has 7 heteroatoms. The summed E-state index contributed by atoms with van der Waals surface area (Å²) in [6.07, 6.45) is 4.14. The van der Waals surface area contributed by atoms with Crippen LogP contribution in [0.15, 0.2) is 30.6 Å². The average Bonchev–Trinajstić information content (AvgIpc) is 3.00. The molecule has 136 valence electrons. The van der Waals surface area contributed by atoms with Gasteiger partial charge in [0.05, 0.1) is 13.1 Å². The van der Waals surface area contributed by atoms with Gasteiger partial charge in [-0.05, 0) is 31.8 Å². The van der Waals surface area contributed by atoms with Crippen molar-refractivity contribution in [2.75, 3.05) is 27.2 Å². The van der Waals surface area contributed by atoms with Crippen LogP contribution < -0.4 is 0 Å². The molecule has 25 heavy (non-hydrogen) atoms. The first-order chi connectivity index (χ1) is 11.9. The Morgan fingerprint density at radius 3 is 2.64 bits per heavy atom. The molecule has 0 aliphatic rings. The van der Waals surface area contributed by atoms with Gasteiger partial charge < -0.3 is 14.4 Å². The minimum absolute atomic E-state index is 0.126. The number of aromatic nitrogens is 2. The van der Waals surface area contributed by atoms with E-state index in [0.29, 0.717) is 36.1 Å². The summed E-state index contributed by atoms with van der Waals surface area (Å²) in [7, 11) is 4.00. The summed E-state index contributed by atoms with van der Waals surface area (Å²) in [4.78, 5) is 20.6. The number of carbonyl (C=O) groups excluding carboxylic acids is 1. The van der Waals surface area contributed by atoms with Crippen molar-refractivity contribution in [1.29, 1.82) is 0 Å². The molecule has 0 radical (unpaired) electrons. The molecule has 1 aromatic carbocycles. The summed E-state index contributed by atoms with van der Waals surface area (Å²) < 4.78 is 2.01. The first-order valence-corrected chi connectivity index (χ1v) is 9.02. The van der Waals surface area contributed by atoms with Gasteiger partial charge in [-0.3, -0.25) is 4.79 Å². The van der Waals surface area contributed by atoms with E-state index in [2.05, 4.69) is 9.88 Å². The quantitative estimate of drug-likeness (QED) is 0.700. The van der Waals surface area contributed by atoms with Crippen LogP contribution >= 0.6 is 23.2 Å². The van der Waals surface area contributed by atoms with Gasteiger partial charge in [-0.2, -0.15) is 0 Å². The first-order valence-electron chi connectivity index (χ1n) is 8.27. The van der Waals surface area contributed by atoms with Crippen molar-refractivity contribution in [3.63, 3.8) is 0 Å². The Hall–Kier alpha value is -1.56. The summed E-state index contributed by atoms with van der Waals surface area (Å²) in [5.41, 5.74) is 0.965. The Kier molecular flexibility index (Phi) is 7.29. The topological polar surface area (TPSA) is 41.4 Å². The number of amides is 1. The number of hydrogen-bond donors (Lipinski definition) is 0. The monoisotopic (exact) mass is 382 g/mol. The fourth-order valence-electron chi connectivity index (χ4n) is 2.48. The van der Waals surface area contributed by atoms with Gasteiger partial charge in [0.2, 0.25) is 5.91 Å². The van der Waals surface area contributed by atoms with Crippen LogP contribution in [-0.2, 0) is 17.9 Å².